The van der Waals surface area contributed by atoms with E-state index >= 15 is 8.78 Å². The Kier molecular flexibility index (Phi) is 6.18. The highest BCUT2D eigenvalue weighted by atomic mass is 19.1. The number of halogens is 2. The Labute approximate surface area is 290 Å². The van der Waals surface area contributed by atoms with Gasteiger partial charge in [-0.15, -0.1) is 0 Å². The molecule has 0 aromatic heterocycles. The van der Waals surface area contributed by atoms with E-state index in [9.17, 15) is 0 Å². The van der Waals surface area contributed by atoms with Crippen LogP contribution >= 0.6 is 0 Å². The van der Waals surface area contributed by atoms with Crippen molar-refractivity contribution in [1.29, 1.82) is 0 Å². The van der Waals surface area contributed by atoms with Gasteiger partial charge >= 0.3 is 0 Å². The third-order valence-electron chi connectivity index (χ3n) is 11.3. The first-order valence-electron chi connectivity index (χ1n) is 17.3. The van der Waals surface area contributed by atoms with Crippen LogP contribution in [0.2, 0.25) is 0 Å². The molecule has 0 bridgehead atoms. The first-order valence-corrected chi connectivity index (χ1v) is 17.3. The lowest BCUT2D eigenvalue weighted by molar-refractivity contribution is 0.606. The zero-order chi connectivity index (χ0) is 33.7. The van der Waals surface area contributed by atoms with Crippen LogP contribution in [-0.2, 0) is 5.41 Å². The minimum Gasteiger partial charge on any atom is -0.333 e. The fourth-order valence-electron chi connectivity index (χ4n) is 9.05. The quantitative estimate of drug-likeness (QED) is 0.172. The summed E-state index contributed by atoms with van der Waals surface area (Å²) in [6.07, 6.45) is 8.63. The van der Waals surface area contributed by atoms with Crippen LogP contribution < -0.4 is 4.90 Å². The van der Waals surface area contributed by atoms with Crippen molar-refractivity contribution in [2.75, 3.05) is 4.90 Å². The highest BCUT2D eigenvalue weighted by molar-refractivity contribution is 6.18. The summed E-state index contributed by atoms with van der Waals surface area (Å²) in [6, 6.07) is 42.5. The molecule has 0 fully saturated rings. The third-order valence-corrected chi connectivity index (χ3v) is 11.3. The van der Waals surface area contributed by atoms with Gasteiger partial charge in [0.05, 0.1) is 6.04 Å². The molecule has 7 aromatic carbocycles. The topological polar surface area (TPSA) is 3.24 Å². The summed E-state index contributed by atoms with van der Waals surface area (Å²) in [4.78, 5) is 2.31. The van der Waals surface area contributed by atoms with E-state index in [0.29, 0.717) is 11.1 Å². The number of para-hydroxylation sites is 1. The van der Waals surface area contributed by atoms with Crippen molar-refractivity contribution in [3.05, 3.63) is 180 Å². The van der Waals surface area contributed by atoms with Gasteiger partial charge in [0.15, 0.2) is 0 Å². The minimum absolute atomic E-state index is 0.119. The lowest BCUT2D eigenvalue weighted by atomic mass is 9.78. The van der Waals surface area contributed by atoms with Crippen LogP contribution in [0.3, 0.4) is 0 Å². The minimum atomic E-state index is -0.462. The van der Waals surface area contributed by atoms with Gasteiger partial charge in [0.2, 0.25) is 0 Å². The van der Waals surface area contributed by atoms with Crippen LogP contribution in [-0.4, -0.2) is 6.04 Å². The van der Waals surface area contributed by atoms with Crippen LogP contribution in [0.1, 0.15) is 36.5 Å². The van der Waals surface area contributed by atoms with Crippen LogP contribution in [0.5, 0.6) is 0 Å². The summed E-state index contributed by atoms with van der Waals surface area (Å²) in [5.41, 5.74) is 9.56. The molecule has 3 aliphatic rings. The molecule has 50 heavy (non-hydrogen) atoms. The summed E-state index contributed by atoms with van der Waals surface area (Å²) in [5, 5.41) is 4.90. The number of anilines is 2. The number of benzene rings is 7. The van der Waals surface area contributed by atoms with E-state index in [1.807, 2.05) is 36.4 Å². The molecular formula is C47H33F2N. The van der Waals surface area contributed by atoms with Crippen LogP contribution in [0, 0.1) is 11.6 Å². The van der Waals surface area contributed by atoms with E-state index in [1.165, 1.54) is 50.4 Å². The molecule has 1 aliphatic heterocycles. The smallest absolute Gasteiger partial charge is 0.139 e. The Balaban J connectivity index is 1.12. The van der Waals surface area contributed by atoms with E-state index in [2.05, 4.69) is 122 Å². The maximum Gasteiger partial charge on any atom is 0.139 e. The van der Waals surface area contributed by atoms with Gasteiger partial charge in [-0.2, -0.15) is 0 Å². The SMILES string of the molecule is CC1(C)c2cc(-c3cc(F)cc(-c4ccc5c(c4)N(c4ccccc4)C4C=CC=CC54)c3F)ccc2-c2c1c1ccccc1c1ccccc21. The second-order valence-corrected chi connectivity index (χ2v) is 14.3. The average Bonchev–Trinajstić information content (AvgIpc) is 3.61. The molecule has 0 saturated carbocycles. The van der Waals surface area contributed by atoms with Gasteiger partial charge in [0.1, 0.15) is 11.6 Å². The van der Waals surface area contributed by atoms with Crippen molar-refractivity contribution >= 4 is 32.9 Å². The van der Waals surface area contributed by atoms with Gasteiger partial charge in [0.25, 0.3) is 0 Å². The van der Waals surface area contributed by atoms with Crippen molar-refractivity contribution < 1.29 is 8.78 Å². The van der Waals surface area contributed by atoms with Gasteiger partial charge in [0, 0.05) is 33.8 Å². The predicted octanol–water partition coefficient (Wildman–Crippen LogP) is 12.6. The molecule has 240 valence electrons. The van der Waals surface area contributed by atoms with Gasteiger partial charge in [-0.3, -0.25) is 0 Å². The lowest BCUT2D eigenvalue weighted by Crippen LogP contribution is -2.28. The predicted molar refractivity (Wildman–Crippen MR) is 203 cm³/mol. The second kappa shape index (κ2) is 10.6. The molecule has 0 amide bonds. The third kappa shape index (κ3) is 4.04. The molecule has 2 aliphatic carbocycles. The highest BCUT2D eigenvalue weighted by Gasteiger charge is 2.40. The van der Waals surface area contributed by atoms with E-state index in [4.69, 9.17) is 0 Å². The Hall–Kier alpha value is -5.80. The van der Waals surface area contributed by atoms with Crippen LogP contribution in [0.4, 0.5) is 20.2 Å². The molecule has 1 heterocycles. The number of hydrogen-bond donors (Lipinski definition) is 0. The summed E-state index contributed by atoms with van der Waals surface area (Å²) >= 11 is 0. The standard InChI is InChI=1S/C47H33F2N/c1-47(2)41-24-28(21-23-38(41)44-36-17-8-6-14-32(36)33-15-7-9-18-37(33)45(44)47)39-26-30(48)27-40(46(39)49)29-20-22-35-34-16-10-11-19-42(34)50(43(35)25-29)31-12-4-3-5-13-31/h3-27,34,42H,1-2H3. The number of hydrogen-bond acceptors (Lipinski definition) is 1. The van der Waals surface area contributed by atoms with E-state index < -0.39 is 11.6 Å². The number of rotatable bonds is 3. The number of fused-ring (bicyclic) bond motifs is 11. The normalized spacial score (nSPS) is 18.0. The fraction of sp³-hybridized carbons (Fsp3) is 0.106. The summed E-state index contributed by atoms with van der Waals surface area (Å²) < 4.78 is 32.5. The molecule has 0 saturated heterocycles. The second-order valence-electron chi connectivity index (χ2n) is 14.3. The molecule has 0 spiro atoms. The molecule has 2 unspecified atom stereocenters. The maximum atomic E-state index is 16.9. The molecular weight excluding hydrogens is 617 g/mol. The van der Waals surface area contributed by atoms with Gasteiger partial charge in [-0.05, 0) is 96.9 Å². The Morgan fingerprint density at radius 1 is 0.580 bits per heavy atom. The number of nitrogens with zero attached hydrogens (tertiary/aromatic N) is 1. The molecule has 2 atom stereocenters. The first-order chi connectivity index (χ1) is 24.4. The molecule has 1 nitrogen and oxygen atoms in total. The molecule has 7 aromatic rings. The van der Waals surface area contributed by atoms with Gasteiger partial charge < -0.3 is 4.90 Å². The summed E-state index contributed by atoms with van der Waals surface area (Å²) in [6.45, 7) is 4.50. The Morgan fingerprint density at radius 3 is 1.96 bits per heavy atom. The molecule has 10 rings (SSSR count). The monoisotopic (exact) mass is 649 g/mol. The maximum absolute atomic E-state index is 16.9. The van der Waals surface area contributed by atoms with Crippen molar-refractivity contribution in [3.8, 4) is 33.4 Å². The number of allylic oxidation sites excluding steroid dienone is 2. The van der Waals surface area contributed by atoms with Gasteiger partial charge in [-0.25, -0.2) is 8.78 Å². The Morgan fingerprint density at radius 2 is 1.20 bits per heavy atom. The lowest BCUT2D eigenvalue weighted by Gasteiger charge is -2.28. The molecule has 0 radical (unpaired) electrons. The Bertz CT molecular complexity index is 2610. The van der Waals surface area contributed by atoms with E-state index in [1.54, 1.807) is 0 Å². The van der Waals surface area contributed by atoms with Crippen molar-refractivity contribution in [3.63, 3.8) is 0 Å². The summed E-state index contributed by atoms with van der Waals surface area (Å²) in [7, 11) is 0. The van der Waals surface area contributed by atoms with Crippen molar-refractivity contribution in [2.45, 2.75) is 31.2 Å². The van der Waals surface area contributed by atoms with Gasteiger partial charge in [-0.1, -0.05) is 129 Å². The van der Waals surface area contributed by atoms with Crippen molar-refractivity contribution in [1.82, 2.24) is 0 Å². The van der Waals surface area contributed by atoms with Crippen LogP contribution in [0.25, 0.3) is 54.9 Å². The fourth-order valence-corrected chi connectivity index (χ4v) is 9.05. The van der Waals surface area contributed by atoms with Crippen molar-refractivity contribution in [2.24, 2.45) is 0 Å². The van der Waals surface area contributed by atoms with E-state index in [-0.39, 0.29) is 28.5 Å². The zero-order valence-corrected chi connectivity index (χ0v) is 27.8. The average molecular weight is 650 g/mol. The van der Waals surface area contributed by atoms with E-state index in [0.717, 1.165) is 22.5 Å². The first kappa shape index (κ1) is 29.1. The highest BCUT2D eigenvalue weighted by Crippen LogP contribution is 2.55. The van der Waals surface area contributed by atoms with Crippen LogP contribution in [0.15, 0.2) is 152 Å². The summed E-state index contributed by atoms with van der Waals surface area (Å²) in [5.74, 6) is -0.696. The molecule has 3 heteroatoms. The zero-order valence-electron chi connectivity index (χ0n) is 27.8. The molecule has 0 N–H and O–H groups in total. The largest absolute Gasteiger partial charge is 0.333 e.